The zero-order chi connectivity index (χ0) is 13.8. The normalized spacial score (nSPS) is 23.3. The predicted molar refractivity (Wildman–Crippen MR) is 77.6 cm³/mol. The van der Waals surface area contributed by atoms with Crippen molar-refractivity contribution in [1.29, 1.82) is 0 Å². The molecule has 2 atom stereocenters. The van der Waals surface area contributed by atoms with Gasteiger partial charge in [-0.2, -0.15) is 0 Å². The number of hydrogen-bond acceptors (Lipinski definition) is 4. The first-order chi connectivity index (χ1) is 9.11. The molecule has 0 spiro atoms. The van der Waals surface area contributed by atoms with Crippen molar-refractivity contribution >= 4 is 28.8 Å². The van der Waals surface area contributed by atoms with Gasteiger partial charge < -0.3 is 15.0 Å². The van der Waals surface area contributed by atoms with Gasteiger partial charge in [0.2, 0.25) is 5.91 Å². The summed E-state index contributed by atoms with van der Waals surface area (Å²) in [6.07, 6.45) is -0.0813. The lowest BCUT2D eigenvalue weighted by Gasteiger charge is -2.33. The summed E-state index contributed by atoms with van der Waals surface area (Å²) in [6, 6.07) is 3.59. The van der Waals surface area contributed by atoms with Crippen LogP contribution in [0.15, 0.2) is 12.1 Å². The highest BCUT2D eigenvalue weighted by Crippen LogP contribution is 2.23. The zero-order valence-electron chi connectivity index (χ0n) is 11.2. The first kappa shape index (κ1) is 14.8. The zero-order valence-corrected chi connectivity index (χ0v) is 12.8. The Balaban J connectivity index is 2.01. The van der Waals surface area contributed by atoms with Gasteiger partial charge in [-0.1, -0.05) is 11.6 Å². The third-order valence-electron chi connectivity index (χ3n) is 3.25. The number of nitrogens with zero attached hydrogens (tertiary/aromatic N) is 1. The topological polar surface area (TPSA) is 41.6 Å². The molecule has 0 saturated carbocycles. The molecule has 0 bridgehead atoms. The number of nitrogens with one attached hydrogen (secondary N) is 1. The van der Waals surface area contributed by atoms with Gasteiger partial charge in [-0.15, -0.1) is 11.3 Å². The van der Waals surface area contributed by atoms with E-state index in [1.54, 1.807) is 0 Å². The van der Waals surface area contributed by atoms with Gasteiger partial charge in [-0.25, -0.2) is 0 Å². The predicted octanol–water partition coefficient (Wildman–Crippen LogP) is 2.13. The van der Waals surface area contributed by atoms with Gasteiger partial charge in [-0.05, 0) is 26.0 Å². The smallest absolute Gasteiger partial charge is 0.242 e. The van der Waals surface area contributed by atoms with Crippen LogP contribution in [0.3, 0.4) is 0 Å². The van der Waals surface area contributed by atoms with Crippen molar-refractivity contribution in [3.8, 4) is 0 Å². The van der Waals surface area contributed by atoms with Crippen LogP contribution < -0.4 is 5.32 Å². The van der Waals surface area contributed by atoms with Crippen molar-refractivity contribution in [2.45, 2.75) is 32.5 Å². The van der Waals surface area contributed by atoms with Crippen LogP contribution in [0.5, 0.6) is 0 Å². The van der Waals surface area contributed by atoms with Crippen molar-refractivity contribution in [3.05, 3.63) is 21.3 Å². The minimum atomic E-state index is -0.246. The minimum Gasteiger partial charge on any atom is -0.375 e. The first-order valence-electron chi connectivity index (χ1n) is 6.49. The molecule has 1 aliphatic rings. The third-order valence-corrected chi connectivity index (χ3v) is 4.47. The van der Waals surface area contributed by atoms with Crippen molar-refractivity contribution in [3.63, 3.8) is 0 Å². The van der Waals surface area contributed by atoms with Crippen molar-refractivity contribution in [1.82, 2.24) is 10.2 Å². The van der Waals surface area contributed by atoms with Gasteiger partial charge in [0.1, 0.15) is 6.04 Å². The molecule has 6 heteroatoms. The molecule has 0 aliphatic carbocycles. The molecule has 19 heavy (non-hydrogen) atoms. The summed E-state index contributed by atoms with van der Waals surface area (Å²) < 4.78 is 6.29. The van der Waals surface area contributed by atoms with E-state index in [1.807, 2.05) is 30.9 Å². The molecule has 0 radical (unpaired) electrons. The van der Waals surface area contributed by atoms with E-state index >= 15 is 0 Å². The standard InChI is InChI=1S/C13H19ClN2O2S/c1-3-16(8-10-4-5-11(14)19-10)13(17)12-9(2)18-7-6-15-12/h4-5,9,12,15H,3,6-8H2,1-2H3/t9-,12+/m1/s1. The number of rotatable bonds is 4. The van der Waals surface area contributed by atoms with Crippen LogP contribution >= 0.6 is 22.9 Å². The van der Waals surface area contributed by atoms with E-state index in [4.69, 9.17) is 16.3 Å². The average molecular weight is 303 g/mol. The number of thiophene rings is 1. The number of ether oxygens (including phenoxy) is 1. The van der Waals surface area contributed by atoms with Crippen molar-refractivity contribution < 1.29 is 9.53 Å². The van der Waals surface area contributed by atoms with Crippen LogP contribution in [0.4, 0.5) is 0 Å². The lowest BCUT2D eigenvalue weighted by atomic mass is 10.1. The first-order valence-corrected chi connectivity index (χ1v) is 7.69. The van der Waals surface area contributed by atoms with E-state index in [0.29, 0.717) is 19.7 Å². The molecule has 0 unspecified atom stereocenters. The number of likely N-dealkylation sites (N-methyl/N-ethyl adjacent to an activating group) is 1. The molecule has 4 nitrogen and oxygen atoms in total. The van der Waals surface area contributed by atoms with Gasteiger partial charge in [0.05, 0.1) is 23.6 Å². The highest BCUT2D eigenvalue weighted by atomic mass is 35.5. The van der Waals surface area contributed by atoms with E-state index in [0.717, 1.165) is 15.8 Å². The molecule has 1 N–H and O–H groups in total. The van der Waals surface area contributed by atoms with Crippen LogP contribution in [0.1, 0.15) is 18.7 Å². The van der Waals surface area contributed by atoms with E-state index in [1.165, 1.54) is 11.3 Å². The highest BCUT2D eigenvalue weighted by molar-refractivity contribution is 7.16. The SMILES string of the molecule is CCN(Cc1ccc(Cl)s1)C(=O)[C@H]1NCCO[C@@H]1C. The van der Waals surface area contributed by atoms with Crippen molar-refractivity contribution in [2.75, 3.05) is 19.7 Å². The van der Waals surface area contributed by atoms with E-state index in [9.17, 15) is 4.79 Å². The quantitative estimate of drug-likeness (QED) is 0.926. The molecule has 0 aromatic carbocycles. The molecule has 1 aromatic rings. The second kappa shape index (κ2) is 6.70. The number of halogens is 1. The van der Waals surface area contributed by atoms with E-state index in [2.05, 4.69) is 5.32 Å². The van der Waals surface area contributed by atoms with Crippen molar-refractivity contribution in [2.24, 2.45) is 0 Å². The molecule has 1 amide bonds. The number of carbonyl (C=O) groups excluding carboxylic acids is 1. The second-order valence-electron chi connectivity index (χ2n) is 4.57. The average Bonchev–Trinajstić information content (AvgIpc) is 2.81. The van der Waals surface area contributed by atoms with Crippen LogP contribution in [-0.4, -0.2) is 42.6 Å². The second-order valence-corrected chi connectivity index (χ2v) is 6.37. The van der Waals surface area contributed by atoms with Gasteiger partial charge in [0, 0.05) is 18.0 Å². The Kier molecular flexibility index (Phi) is 5.21. The van der Waals surface area contributed by atoms with Crippen LogP contribution in [0.25, 0.3) is 0 Å². The Morgan fingerprint density at radius 2 is 2.42 bits per heavy atom. The summed E-state index contributed by atoms with van der Waals surface area (Å²) in [5.41, 5.74) is 0. The van der Waals surface area contributed by atoms with Gasteiger partial charge in [0.15, 0.2) is 0 Å². The van der Waals surface area contributed by atoms with Crippen LogP contribution in [0, 0.1) is 0 Å². The fourth-order valence-corrected chi connectivity index (χ4v) is 3.28. The molecule has 1 fully saturated rings. The molecule has 1 aromatic heterocycles. The maximum Gasteiger partial charge on any atom is 0.242 e. The Morgan fingerprint density at radius 1 is 1.63 bits per heavy atom. The molecule has 2 rings (SSSR count). The van der Waals surface area contributed by atoms with Gasteiger partial charge >= 0.3 is 0 Å². The molecule has 106 valence electrons. The molecule has 2 heterocycles. The third kappa shape index (κ3) is 3.69. The fraction of sp³-hybridized carbons (Fsp3) is 0.615. The van der Waals surface area contributed by atoms with Gasteiger partial charge in [0.25, 0.3) is 0 Å². The van der Waals surface area contributed by atoms with Crippen LogP contribution in [-0.2, 0) is 16.1 Å². The van der Waals surface area contributed by atoms with Crippen LogP contribution in [0.2, 0.25) is 4.34 Å². The number of morpholine rings is 1. The Bertz CT molecular complexity index is 438. The summed E-state index contributed by atoms with van der Waals surface area (Å²) in [6.45, 7) is 6.60. The fourth-order valence-electron chi connectivity index (χ4n) is 2.18. The lowest BCUT2D eigenvalue weighted by Crippen LogP contribution is -2.56. The largest absolute Gasteiger partial charge is 0.375 e. The Hall–Kier alpha value is -0.620. The Labute approximate surface area is 122 Å². The van der Waals surface area contributed by atoms with E-state index in [-0.39, 0.29) is 18.1 Å². The van der Waals surface area contributed by atoms with Gasteiger partial charge in [-0.3, -0.25) is 4.79 Å². The molecular formula is C13H19ClN2O2S. The molecule has 1 saturated heterocycles. The summed E-state index contributed by atoms with van der Waals surface area (Å²) in [5.74, 6) is 0.0965. The van der Waals surface area contributed by atoms with E-state index < -0.39 is 0 Å². The summed E-state index contributed by atoms with van der Waals surface area (Å²) in [4.78, 5) is 15.4. The summed E-state index contributed by atoms with van der Waals surface area (Å²) in [5, 5.41) is 3.24. The Morgan fingerprint density at radius 3 is 3.00 bits per heavy atom. The number of hydrogen-bond donors (Lipinski definition) is 1. The summed E-state index contributed by atoms with van der Waals surface area (Å²) in [7, 11) is 0. The number of amides is 1. The minimum absolute atomic E-state index is 0.0813. The highest BCUT2D eigenvalue weighted by Gasteiger charge is 2.31. The summed E-state index contributed by atoms with van der Waals surface area (Å²) >= 11 is 7.44. The lowest BCUT2D eigenvalue weighted by molar-refractivity contribution is -0.139. The maximum absolute atomic E-state index is 12.5. The molecule has 1 aliphatic heterocycles. The number of carbonyl (C=O) groups is 1. The molecular weight excluding hydrogens is 284 g/mol. The maximum atomic E-state index is 12.5. The monoisotopic (exact) mass is 302 g/mol.